The number of nitrogens with one attached hydrogen (secondary N) is 2. The molecule has 1 aromatic carbocycles. The molecule has 0 aliphatic rings. The fourth-order valence-electron chi connectivity index (χ4n) is 1.39. The summed E-state index contributed by atoms with van der Waals surface area (Å²) in [7, 11) is 0.461. The van der Waals surface area contributed by atoms with Crippen molar-refractivity contribution in [3.8, 4) is 11.5 Å². The molecule has 0 unspecified atom stereocenters. The van der Waals surface area contributed by atoms with Crippen molar-refractivity contribution < 1.29 is 22.7 Å². The molecule has 1 aromatic rings. The summed E-state index contributed by atoms with van der Waals surface area (Å²) in [5, 5.41) is 2.66. The highest BCUT2D eigenvalue weighted by atomic mass is 32.2. The number of hydrogen-bond acceptors (Lipinski definition) is 6. The largest absolute Gasteiger partial charge is 0.493 e. The van der Waals surface area contributed by atoms with Gasteiger partial charge in [0.05, 0.1) is 25.2 Å². The third-order valence-corrected chi connectivity index (χ3v) is 4.07. The maximum Gasteiger partial charge on any atom is 0.264 e. The minimum absolute atomic E-state index is 0.0770. The van der Waals surface area contributed by atoms with Crippen LogP contribution in [0.25, 0.3) is 0 Å². The molecule has 0 aliphatic carbocycles. The van der Waals surface area contributed by atoms with E-state index in [2.05, 4.69) is 5.32 Å². The van der Waals surface area contributed by atoms with Crippen LogP contribution in [0, 0.1) is 0 Å². The van der Waals surface area contributed by atoms with Gasteiger partial charge in [-0.1, -0.05) is 0 Å². The van der Waals surface area contributed by atoms with Crippen LogP contribution in [0.1, 0.15) is 6.92 Å². The molecule has 0 aromatic heterocycles. The Labute approximate surface area is 118 Å². The number of rotatable bonds is 6. The zero-order valence-electron chi connectivity index (χ0n) is 11.8. The summed E-state index contributed by atoms with van der Waals surface area (Å²) in [5.74, 6) is 0.0353. The van der Waals surface area contributed by atoms with E-state index in [0.717, 1.165) is 0 Å². The van der Waals surface area contributed by atoms with Crippen molar-refractivity contribution in [1.29, 1.82) is 0 Å². The lowest BCUT2D eigenvalue weighted by Crippen LogP contribution is -2.43. The SMILES string of the molecule is CN[C@@H](C)C(=O)NS(=O)(=O)c1ccc(OC)c(OC)c1. The molecule has 0 bridgehead atoms. The number of ether oxygens (including phenoxy) is 2. The van der Waals surface area contributed by atoms with E-state index in [1.54, 1.807) is 14.0 Å². The molecule has 2 N–H and O–H groups in total. The van der Waals surface area contributed by atoms with Gasteiger partial charge in [-0.3, -0.25) is 4.79 Å². The van der Waals surface area contributed by atoms with Crippen LogP contribution in [0.3, 0.4) is 0 Å². The van der Waals surface area contributed by atoms with Crippen LogP contribution >= 0.6 is 0 Å². The standard InChI is InChI=1S/C12H18N2O5S/c1-8(13-2)12(15)14-20(16,17)9-5-6-10(18-3)11(7-9)19-4/h5-8,13H,1-4H3,(H,14,15)/t8-/m0/s1. The van der Waals surface area contributed by atoms with Gasteiger partial charge in [-0.15, -0.1) is 0 Å². The van der Waals surface area contributed by atoms with E-state index in [4.69, 9.17) is 9.47 Å². The van der Waals surface area contributed by atoms with Crippen LogP contribution in [0.2, 0.25) is 0 Å². The van der Waals surface area contributed by atoms with Crippen molar-refractivity contribution in [1.82, 2.24) is 10.0 Å². The van der Waals surface area contributed by atoms with Crippen LogP contribution in [-0.4, -0.2) is 41.6 Å². The highest BCUT2D eigenvalue weighted by Gasteiger charge is 2.22. The van der Waals surface area contributed by atoms with Crippen molar-refractivity contribution in [3.63, 3.8) is 0 Å². The molecule has 0 heterocycles. The second-order valence-corrected chi connectivity index (χ2v) is 5.68. The van der Waals surface area contributed by atoms with Gasteiger partial charge in [-0.05, 0) is 26.1 Å². The molecule has 7 nitrogen and oxygen atoms in total. The summed E-state index contributed by atoms with van der Waals surface area (Å²) >= 11 is 0. The second kappa shape index (κ2) is 6.58. The van der Waals surface area contributed by atoms with Gasteiger partial charge in [0.1, 0.15) is 0 Å². The number of carbonyl (C=O) groups excluding carboxylic acids is 1. The third-order valence-electron chi connectivity index (χ3n) is 2.73. The van der Waals surface area contributed by atoms with Crippen LogP contribution in [0.4, 0.5) is 0 Å². The van der Waals surface area contributed by atoms with Gasteiger partial charge >= 0.3 is 0 Å². The molecule has 0 fully saturated rings. The normalized spacial score (nSPS) is 12.6. The molecule has 0 saturated carbocycles. The number of amides is 1. The Bertz CT molecular complexity index is 586. The molecule has 8 heteroatoms. The molecule has 20 heavy (non-hydrogen) atoms. The number of sulfonamides is 1. The average Bonchev–Trinajstić information content (AvgIpc) is 2.44. The minimum atomic E-state index is -3.95. The predicted molar refractivity (Wildman–Crippen MR) is 73.4 cm³/mol. The molecule has 1 rings (SSSR count). The molecule has 0 spiro atoms. The number of benzene rings is 1. The van der Waals surface area contributed by atoms with Crippen molar-refractivity contribution in [3.05, 3.63) is 18.2 Å². The highest BCUT2D eigenvalue weighted by molar-refractivity contribution is 7.90. The second-order valence-electron chi connectivity index (χ2n) is 4.00. The maximum absolute atomic E-state index is 12.1. The van der Waals surface area contributed by atoms with Crippen molar-refractivity contribution >= 4 is 15.9 Å². The van der Waals surface area contributed by atoms with Gasteiger partial charge in [0.15, 0.2) is 11.5 Å². The topological polar surface area (TPSA) is 93.7 Å². The fraction of sp³-hybridized carbons (Fsp3) is 0.417. The Morgan fingerprint density at radius 3 is 2.30 bits per heavy atom. The van der Waals surface area contributed by atoms with Crippen molar-refractivity contribution in [2.24, 2.45) is 0 Å². The summed E-state index contributed by atoms with van der Waals surface area (Å²) in [6.07, 6.45) is 0. The maximum atomic E-state index is 12.1. The summed E-state index contributed by atoms with van der Waals surface area (Å²) in [6.45, 7) is 1.56. The number of likely N-dealkylation sites (N-methyl/N-ethyl adjacent to an activating group) is 1. The fourth-order valence-corrected chi connectivity index (χ4v) is 2.46. The number of hydrogen-bond donors (Lipinski definition) is 2. The first-order valence-corrected chi connectivity index (χ1v) is 7.30. The monoisotopic (exact) mass is 302 g/mol. The van der Waals surface area contributed by atoms with Gasteiger partial charge < -0.3 is 14.8 Å². The van der Waals surface area contributed by atoms with Gasteiger partial charge in [-0.2, -0.15) is 0 Å². The van der Waals surface area contributed by atoms with Crippen molar-refractivity contribution in [2.45, 2.75) is 17.9 Å². The Kier molecular flexibility index (Phi) is 5.34. The lowest BCUT2D eigenvalue weighted by atomic mass is 10.3. The molecular formula is C12H18N2O5S. The lowest BCUT2D eigenvalue weighted by molar-refractivity contribution is -0.120. The van der Waals surface area contributed by atoms with Gasteiger partial charge in [-0.25, -0.2) is 13.1 Å². The van der Waals surface area contributed by atoms with E-state index in [9.17, 15) is 13.2 Å². The van der Waals surface area contributed by atoms with E-state index in [1.807, 2.05) is 4.72 Å². The average molecular weight is 302 g/mol. The van der Waals surface area contributed by atoms with Gasteiger partial charge in [0, 0.05) is 6.07 Å². The smallest absolute Gasteiger partial charge is 0.264 e. The van der Waals surface area contributed by atoms with E-state index in [-0.39, 0.29) is 10.6 Å². The molecule has 0 saturated heterocycles. The molecule has 1 amide bonds. The van der Waals surface area contributed by atoms with E-state index in [0.29, 0.717) is 5.75 Å². The van der Waals surface area contributed by atoms with Crippen LogP contribution in [0.5, 0.6) is 11.5 Å². The third kappa shape index (κ3) is 3.61. The van der Waals surface area contributed by atoms with Crippen LogP contribution in [0.15, 0.2) is 23.1 Å². The van der Waals surface area contributed by atoms with Gasteiger partial charge in [0.2, 0.25) is 0 Å². The summed E-state index contributed by atoms with van der Waals surface area (Å²) in [5.41, 5.74) is 0. The highest BCUT2D eigenvalue weighted by Crippen LogP contribution is 2.29. The number of carbonyl (C=O) groups is 1. The lowest BCUT2D eigenvalue weighted by Gasteiger charge is -2.13. The minimum Gasteiger partial charge on any atom is -0.493 e. The Morgan fingerprint density at radius 2 is 1.80 bits per heavy atom. The number of methoxy groups -OCH3 is 2. The summed E-state index contributed by atoms with van der Waals surface area (Å²) in [6, 6.07) is 3.46. The first kappa shape index (κ1) is 16.3. The quantitative estimate of drug-likeness (QED) is 0.775. The van der Waals surface area contributed by atoms with E-state index < -0.39 is 22.0 Å². The van der Waals surface area contributed by atoms with Gasteiger partial charge in [0.25, 0.3) is 15.9 Å². The molecule has 0 aliphatic heterocycles. The Morgan fingerprint density at radius 1 is 1.20 bits per heavy atom. The zero-order chi connectivity index (χ0) is 15.3. The van der Waals surface area contributed by atoms with Crippen LogP contribution in [-0.2, 0) is 14.8 Å². The molecular weight excluding hydrogens is 284 g/mol. The van der Waals surface area contributed by atoms with Crippen LogP contribution < -0.4 is 19.5 Å². The van der Waals surface area contributed by atoms with Crippen molar-refractivity contribution in [2.75, 3.05) is 21.3 Å². The Balaban J connectivity index is 3.07. The molecule has 0 radical (unpaired) electrons. The zero-order valence-corrected chi connectivity index (χ0v) is 12.6. The summed E-state index contributed by atoms with van der Waals surface area (Å²) < 4.78 is 36.2. The van der Waals surface area contributed by atoms with E-state index in [1.165, 1.54) is 32.4 Å². The summed E-state index contributed by atoms with van der Waals surface area (Å²) in [4.78, 5) is 11.6. The molecule has 112 valence electrons. The first-order chi connectivity index (χ1) is 9.35. The first-order valence-electron chi connectivity index (χ1n) is 5.81. The predicted octanol–water partition coefficient (Wildman–Crippen LogP) is 0.117. The Hall–Kier alpha value is -1.80. The molecule has 1 atom stereocenters. The van der Waals surface area contributed by atoms with E-state index >= 15 is 0 Å².